The lowest BCUT2D eigenvalue weighted by Crippen LogP contribution is -2.32. The maximum absolute atomic E-state index is 12.3. The van der Waals surface area contributed by atoms with Crippen molar-refractivity contribution in [3.05, 3.63) is 45.3 Å². The van der Waals surface area contributed by atoms with Gasteiger partial charge in [0, 0.05) is 28.0 Å². The van der Waals surface area contributed by atoms with Gasteiger partial charge in [-0.2, -0.15) is 0 Å². The third-order valence-corrected chi connectivity index (χ3v) is 4.56. The van der Waals surface area contributed by atoms with E-state index in [1.54, 1.807) is 17.0 Å². The van der Waals surface area contributed by atoms with E-state index in [2.05, 4.69) is 0 Å². The molecule has 0 radical (unpaired) electrons. The van der Waals surface area contributed by atoms with Crippen LogP contribution in [-0.2, 0) is 0 Å². The zero-order valence-corrected chi connectivity index (χ0v) is 13.8. The molecule has 0 fully saturated rings. The van der Waals surface area contributed by atoms with Crippen molar-refractivity contribution in [1.29, 1.82) is 0 Å². The topological polar surface area (TPSA) is 40.5 Å². The number of halogens is 2. The Balaban J connectivity index is 2.27. The second-order valence-corrected chi connectivity index (χ2v) is 6.39. The highest BCUT2D eigenvalue weighted by Crippen LogP contribution is 2.32. The minimum Gasteiger partial charge on any atom is -0.395 e. The molecule has 0 unspecified atom stereocenters. The van der Waals surface area contributed by atoms with Gasteiger partial charge in [0.15, 0.2) is 0 Å². The van der Waals surface area contributed by atoms with Gasteiger partial charge in [-0.3, -0.25) is 4.79 Å². The number of thiophene rings is 1. The number of carbonyl (C=O) groups is 1. The van der Waals surface area contributed by atoms with Crippen molar-refractivity contribution in [2.24, 2.45) is 0 Å². The molecule has 1 amide bonds. The van der Waals surface area contributed by atoms with Crippen LogP contribution in [0.4, 0.5) is 0 Å². The molecule has 1 heterocycles. The fraction of sp³-hybridized carbons (Fsp3) is 0.267. The number of amides is 1. The minimum atomic E-state index is -0.0732. The lowest BCUT2D eigenvalue weighted by atomic mass is 10.2. The minimum absolute atomic E-state index is 0.0400. The number of hydrogen-bond donors (Lipinski definition) is 1. The van der Waals surface area contributed by atoms with Crippen LogP contribution in [0.15, 0.2) is 30.3 Å². The molecule has 0 bridgehead atoms. The van der Waals surface area contributed by atoms with Crippen molar-refractivity contribution >= 4 is 40.4 Å². The average Bonchev–Trinajstić information content (AvgIpc) is 2.92. The fourth-order valence-electron chi connectivity index (χ4n) is 1.98. The van der Waals surface area contributed by atoms with Crippen molar-refractivity contribution in [1.82, 2.24) is 4.90 Å². The molecule has 0 aliphatic rings. The standard InChI is InChI=1S/C15H15Cl2NO2S/c1-2-18(5-6-19)15(20)14-4-3-13(21-14)10-7-11(16)9-12(17)8-10/h3-4,7-9,19H,2,5-6H2,1H3. The Kier molecular flexibility index (Phi) is 5.65. The molecule has 1 aromatic heterocycles. The molecular formula is C15H15Cl2NO2S. The lowest BCUT2D eigenvalue weighted by Gasteiger charge is -2.18. The molecule has 0 aliphatic heterocycles. The molecule has 6 heteroatoms. The molecule has 112 valence electrons. The van der Waals surface area contributed by atoms with Gasteiger partial charge in [0.2, 0.25) is 0 Å². The van der Waals surface area contributed by atoms with Crippen molar-refractivity contribution in [2.75, 3.05) is 19.7 Å². The molecule has 3 nitrogen and oxygen atoms in total. The van der Waals surface area contributed by atoms with Crippen LogP contribution < -0.4 is 0 Å². The summed E-state index contributed by atoms with van der Waals surface area (Å²) in [6.07, 6.45) is 0. The Morgan fingerprint density at radius 1 is 1.24 bits per heavy atom. The fourth-order valence-corrected chi connectivity index (χ4v) is 3.47. The molecule has 0 spiro atoms. The van der Waals surface area contributed by atoms with E-state index in [1.165, 1.54) is 11.3 Å². The molecular weight excluding hydrogens is 329 g/mol. The zero-order valence-electron chi connectivity index (χ0n) is 11.5. The van der Waals surface area contributed by atoms with Crippen molar-refractivity contribution in [2.45, 2.75) is 6.92 Å². The monoisotopic (exact) mass is 343 g/mol. The average molecular weight is 344 g/mol. The van der Waals surface area contributed by atoms with Crippen LogP contribution in [0, 0.1) is 0 Å². The predicted octanol–water partition coefficient (Wildman–Crippen LogP) is 4.18. The van der Waals surface area contributed by atoms with Crippen LogP contribution in [0.25, 0.3) is 10.4 Å². The van der Waals surface area contributed by atoms with Crippen LogP contribution >= 0.6 is 34.5 Å². The van der Waals surface area contributed by atoms with Crippen LogP contribution in [0.2, 0.25) is 10.0 Å². The lowest BCUT2D eigenvalue weighted by molar-refractivity contribution is 0.0737. The maximum atomic E-state index is 12.3. The molecule has 1 N–H and O–H groups in total. The zero-order chi connectivity index (χ0) is 15.4. The van der Waals surface area contributed by atoms with Gasteiger partial charge < -0.3 is 10.0 Å². The molecule has 0 aliphatic carbocycles. The van der Waals surface area contributed by atoms with Gasteiger partial charge in [0.1, 0.15) is 0 Å². The number of aliphatic hydroxyl groups excluding tert-OH is 1. The molecule has 2 aromatic rings. The molecule has 0 atom stereocenters. The third kappa shape index (κ3) is 3.98. The second-order valence-electron chi connectivity index (χ2n) is 4.43. The van der Waals surface area contributed by atoms with Gasteiger partial charge in [-0.1, -0.05) is 23.2 Å². The first kappa shape index (κ1) is 16.3. The summed E-state index contributed by atoms with van der Waals surface area (Å²) in [5.41, 5.74) is 0.891. The summed E-state index contributed by atoms with van der Waals surface area (Å²) in [6.45, 7) is 2.75. The van der Waals surface area contributed by atoms with E-state index in [9.17, 15) is 4.79 Å². The highest BCUT2D eigenvalue weighted by molar-refractivity contribution is 7.17. The molecule has 21 heavy (non-hydrogen) atoms. The summed E-state index contributed by atoms with van der Waals surface area (Å²) in [4.78, 5) is 15.5. The van der Waals surface area contributed by atoms with E-state index in [-0.39, 0.29) is 12.5 Å². The summed E-state index contributed by atoms with van der Waals surface area (Å²) in [7, 11) is 0. The number of nitrogens with zero attached hydrogens (tertiary/aromatic N) is 1. The highest BCUT2D eigenvalue weighted by atomic mass is 35.5. The molecule has 1 aromatic carbocycles. The summed E-state index contributed by atoms with van der Waals surface area (Å²) >= 11 is 13.4. The highest BCUT2D eigenvalue weighted by Gasteiger charge is 2.16. The number of carbonyl (C=O) groups excluding carboxylic acids is 1. The first-order valence-corrected chi connectivity index (χ1v) is 8.08. The first-order valence-electron chi connectivity index (χ1n) is 6.51. The number of aliphatic hydroxyl groups is 1. The summed E-state index contributed by atoms with van der Waals surface area (Å²) < 4.78 is 0. The maximum Gasteiger partial charge on any atom is 0.264 e. The van der Waals surface area contributed by atoms with Gasteiger partial charge in [0.05, 0.1) is 11.5 Å². The molecule has 0 saturated heterocycles. The number of likely N-dealkylation sites (N-methyl/N-ethyl adjacent to an activating group) is 1. The van der Waals surface area contributed by atoms with Crippen LogP contribution in [0.1, 0.15) is 16.6 Å². The Morgan fingerprint density at radius 2 is 1.90 bits per heavy atom. The molecule has 0 saturated carbocycles. The van der Waals surface area contributed by atoms with Gasteiger partial charge in [0.25, 0.3) is 5.91 Å². The van der Waals surface area contributed by atoms with Gasteiger partial charge in [-0.25, -0.2) is 0 Å². The SMILES string of the molecule is CCN(CCO)C(=O)c1ccc(-c2cc(Cl)cc(Cl)c2)s1. The van der Waals surface area contributed by atoms with Crippen molar-refractivity contribution in [3.8, 4) is 10.4 Å². The first-order chi connectivity index (χ1) is 10.0. The summed E-state index contributed by atoms with van der Waals surface area (Å²) in [5.74, 6) is -0.0732. The van der Waals surface area contributed by atoms with E-state index in [4.69, 9.17) is 28.3 Å². The predicted molar refractivity (Wildman–Crippen MR) is 88.4 cm³/mol. The van der Waals surface area contributed by atoms with Crippen molar-refractivity contribution < 1.29 is 9.90 Å². The Bertz CT molecular complexity index is 622. The third-order valence-electron chi connectivity index (χ3n) is 3.00. The van der Waals surface area contributed by atoms with E-state index in [0.29, 0.717) is 28.0 Å². The number of hydrogen-bond acceptors (Lipinski definition) is 3. The quantitative estimate of drug-likeness (QED) is 0.884. The van der Waals surface area contributed by atoms with E-state index in [0.717, 1.165) is 10.4 Å². The van der Waals surface area contributed by atoms with Gasteiger partial charge in [-0.15, -0.1) is 11.3 Å². The van der Waals surface area contributed by atoms with E-state index < -0.39 is 0 Å². The van der Waals surface area contributed by atoms with Gasteiger partial charge in [-0.05, 0) is 42.8 Å². The summed E-state index contributed by atoms with van der Waals surface area (Å²) in [6, 6.07) is 8.98. The Hall–Kier alpha value is -1.07. The number of rotatable bonds is 5. The van der Waals surface area contributed by atoms with Crippen LogP contribution in [-0.4, -0.2) is 35.6 Å². The Morgan fingerprint density at radius 3 is 2.48 bits per heavy atom. The van der Waals surface area contributed by atoms with E-state index >= 15 is 0 Å². The Labute approximate surface area is 137 Å². The summed E-state index contributed by atoms with van der Waals surface area (Å²) in [5, 5.41) is 10.1. The normalized spacial score (nSPS) is 10.7. The van der Waals surface area contributed by atoms with E-state index in [1.807, 2.05) is 25.1 Å². The number of benzene rings is 1. The molecule has 2 rings (SSSR count). The van der Waals surface area contributed by atoms with Gasteiger partial charge >= 0.3 is 0 Å². The largest absolute Gasteiger partial charge is 0.395 e. The second kappa shape index (κ2) is 7.27. The van der Waals surface area contributed by atoms with Crippen molar-refractivity contribution in [3.63, 3.8) is 0 Å². The van der Waals surface area contributed by atoms with Crippen LogP contribution in [0.5, 0.6) is 0 Å². The van der Waals surface area contributed by atoms with Crippen LogP contribution in [0.3, 0.4) is 0 Å². The smallest absolute Gasteiger partial charge is 0.264 e.